The molecule has 1 aliphatic carbocycles. The molecule has 29 heavy (non-hydrogen) atoms. The molecule has 1 fully saturated rings. The number of aromatic nitrogens is 6. The highest BCUT2D eigenvalue weighted by atomic mass is 16.5. The molecule has 4 heterocycles. The smallest absolute Gasteiger partial charge is 0.224 e. The van der Waals surface area contributed by atoms with Gasteiger partial charge in [0.25, 0.3) is 0 Å². The van der Waals surface area contributed by atoms with E-state index in [1.807, 2.05) is 30.7 Å². The Bertz CT molecular complexity index is 1110. The molecule has 0 aliphatic heterocycles. The first-order valence-electron chi connectivity index (χ1n) is 9.94. The van der Waals surface area contributed by atoms with Gasteiger partial charge in [0.2, 0.25) is 5.95 Å². The van der Waals surface area contributed by atoms with Crippen molar-refractivity contribution in [2.75, 3.05) is 18.5 Å². The molecule has 0 aromatic carbocycles. The molecule has 0 atom stereocenters. The third-order valence-corrected chi connectivity index (χ3v) is 5.42. The van der Waals surface area contributed by atoms with Gasteiger partial charge in [-0.25, -0.2) is 14.5 Å². The van der Waals surface area contributed by atoms with Crippen molar-refractivity contribution < 1.29 is 9.84 Å². The lowest BCUT2D eigenvalue weighted by molar-refractivity contribution is 0.00719. The van der Waals surface area contributed by atoms with Crippen molar-refractivity contribution in [2.45, 2.75) is 37.8 Å². The number of anilines is 1. The van der Waals surface area contributed by atoms with Gasteiger partial charge in [0, 0.05) is 41.8 Å². The minimum absolute atomic E-state index is 0.0792. The van der Waals surface area contributed by atoms with Crippen molar-refractivity contribution in [3.8, 4) is 11.3 Å². The molecule has 5 rings (SSSR count). The van der Waals surface area contributed by atoms with Gasteiger partial charge in [-0.1, -0.05) is 0 Å². The fourth-order valence-corrected chi connectivity index (χ4v) is 3.92. The fourth-order valence-electron chi connectivity index (χ4n) is 3.92. The van der Waals surface area contributed by atoms with E-state index >= 15 is 0 Å². The maximum absolute atomic E-state index is 8.88. The summed E-state index contributed by atoms with van der Waals surface area (Å²) < 4.78 is 7.38. The Hall–Kier alpha value is -3.04. The van der Waals surface area contributed by atoms with Crippen molar-refractivity contribution in [1.82, 2.24) is 29.5 Å². The van der Waals surface area contributed by atoms with Gasteiger partial charge in [-0.15, -0.1) is 0 Å². The summed E-state index contributed by atoms with van der Waals surface area (Å²) in [5.74, 6) is 0.628. The van der Waals surface area contributed by atoms with E-state index in [2.05, 4.69) is 30.4 Å². The van der Waals surface area contributed by atoms with Crippen LogP contribution >= 0.6 is 0 Å². The maximum Gasteiger partial charge on any atom is 0.224 e. The lowest BCUT2D eigenvalue weighted by Gasteiger charge is -2.28. The second-order valence-electron chi connectivity index (χ2n) is 7.32. The van der Waals surface area contributed by atoms with Crippen LogP contribution in [0.4, 0.5) is 5.95 Å². The van der Waals surface area contributed by atoms with Crippen LogP contribution in [0.5, 0.6) is 0 Å². The summed E-state index contributed by atoms with van der Waals surface area (Å²) in [6, 6.07) is 4.23. The molecule has 1 saturated carbocycles. The normalized spacial score (nSPS) is 19.8. The number of nitrogens with one attached hydrogen (secondary N) is 2. The van der Waals surface area contributed by atoms with E-state index in [1.54, 1.807) is 10.7 Å². The van der Waals surface area contributed by atoms with Gasteiger partial charge >= 0.3 is 0 Å². The molecular formula is C20H23N7O2. The molecule has 9 nitrogen and oxygen atoms in total. The van der Waals surface area contributed by atoms with E-state index < -0.39 is 0 Å². The molecule has 4 aromatic rings. The molecule has 1 aliphatic rings. The Morgan fingerprint density at radius 3 is 2.97 bits per heavy atom. The lowest BCUT2D eigenvalue weighted by atomic mass is 9.93. The van der Waals surface area contributed by atoms with Gasteiger partial charge in [-0.3, -0.25) is 0 Å². The Labute approximate surface area is 167 Å². The van der Waals surface area contributed by atoms with E-state index in [4.69, 9.17) is 9.84 Å². The number of hydrogen-bond acceptors (Lipinski definition) is 7. The van der Waals surface area contributed by atoms with Crippen molar-refractivity contribution in [3.63, 3.8) is 0 Å². The molecule has 0 amide bonds. The highest BCUT2D eigenvalue weighted by Crippen LogP contribution is 2.27. The van der Waals surface area contributed by atoms with Crippen LogP contribution < -0.4 is 5.32 Å². The largest absolute Gasteiger partial charge is 0.394 e. The third-order valence-electron chi connectivity index (χ3n) is 5.42. The highest BCUT2D eigenvalue weighted by molar-refractivity contribution is 5.92. The SMILES string of the molecule is OCCO[C@H]1CC[C@H](Nc2ncc3c(-c4ccc5nccn5n4)c[nH]c3n2)CC1. The van der Waals surface area contributed by atoms with Gasteiger partial charge in [0.05, 0.1) is 25.0 Å². The number of nitrogens with zero attached hydrogens (tertiary/aromatic N) is 5. The molecule has 0 saturated heterocycles. The van der Waals surface area contributed by atoms with E-state index in [0.717, 1.165) is 53.6 Å². The molecular weight excluding hydrogens is 370 g/mol. The summed E-state index contributed by atoms with van der Waals surface area (Å²) in [7, 11) is 0. The first-order chi connectivity index (χ1) is 14.3. The zero-order valence-corrected chi connectivity index (χ0v) is 16.0. The summed E-state index contributed by atoms with van der Waals surface area (Å²) in [5.41, 5.74) is 3.40. The quantitative estimate of drug-likeness (QED) is 0.461. The van der Waals surface area contributed by atoms with E-state index in [0.29, 0.717) is 18.6 Å². The number of imidazole rings is 1. The number of aliphatic hydroxyl groups is 1. The summed E-state index contributed by atoms with van der Waals surface area (Å²) in [4.78, 5) is 16.6. The van der Waals surface area contributed by atoms with Crippen LogP contribution in [-0.2, 0) is 4.74 Å². The zero-order chi connectivity index (χ0) is 19.6. The Balaban J connectivity index is 1.30. The second kappa shape index (κ2) is 7.76. The number of hydrogen-bond donors (Lipinski definition) is 3. The van der Waals surface area contributed by atoms with Gasteiger partial charge in [0.1, 0.15) is 5.65 Å². The Morgan fingerprint density at radius 1 is 1.21 bits per heavy atom. The van der Waals surface area contributed by atoms with Crippen LogP contribution in [0.15, 0.2) is 36.9 Å². The monoisotopic (exact) mass is 393 g/mol. The van der Waals surface area contributed by atoms with Crippen molar-refractivity contribution >= 4 is 22.6 Å². The number of fused-ring (bicyclic) bond motifs is 2. The third kappa shape index (κ3) is 3.66. The number of aromatic amines is 1. The number of H-pyrrole nitrogens is 1. The number of aliphatic hydroxyl groups excluding tert-OH is 1. The summed E-state index contributed by atoms with van der Waals surface area (Å²) >= 11 is 0. The van der Waals surface area contributed by atoms with Crippen LogP contribution in [0.2, 0.25) is 0 Å². The first kappa shape index (κ1) is 18.0. The summed E-state index contributed by atoms with van der Waals surface area (Å²) in [6.45, 7) is 0.496. The average molecular weight is 393 g/mol. The first-order valence-corrected chi connectivity index (χ1v) is 9.94. The highest BCUT2D eigenvalue weighted by Gasteiger charge is 2.22. The molecule has 3 N–H and O–H groups in total. The molecule has 0 spiro atoms. The second-order valence-corrected chi connectivity index (χ2v) is 7.32. The van der Waals surface area contributed by atoms with E-state index in [-0.39, 0.29) is 12.7 Å². The maximum atomic E-state index is 8.88. The van der Waals surface area contributed by atoms with E-state index in [9.17, 15) is 0 Å². The van der Waals surface area contributed by atoms with Crippen LogP contribution in [0.1, 0.15) is 25.7 Å². The van der Waals surface area contributed by atoms with Gasteiger partial charge in [0.15, 0.2) is 5.65 Å². The minimum atomic E-state index is 0.0792. The summed E-state index contributed by atoms with van der Waals surface area (Å²) in [6.07, 6.45) is 11.5. The molecule has 9 heteroatoms. The van der Waals surface area contributed by atoms with Gasteiger partial charge < -0.3 is 20.1 Å². The standard InChI is InChI=1S/C20H23N7O2/c28-9-10-29-14-3-1-13(2-4-14)24-20-23-12-16-15(11-22-19(16)25-20)17-5-6-18-21-7-8-27(18)26-17/h5-8,11-14,28H,1-4,9-10H2,(H2,22,23,24,25)/t13-,14-. The predicted molar refractivity (Wildman–Crippen MR) is 109 cm³/mol. The Morgan fingerprint density at radius 2 is 2.10 bits per heavy atom. The van der Waals surface area contributed by atoms with Gasteiger partial charge in [-0.2, -0.15) is 10.1 Å². The summed E-state index contributed by atoms with van der Waals surface area (Å²) in [5, 5.41) is 17.9. The average Bonchev–Trinajstić information content (AvgIpc) is 3.39. The van der Waals surface area contributed by atoms with Crippen LogP contribution in [-0.4, -0.2) is 60.0 Å². The molecule has 0 radical (unpaired) electrons. The van der Waals surface area contributed by atoms with E-state index in [1.165, 1.54) is 0 Å². The topological polar surface area (TPSA) is 113 Å². The van der Waals surface area contributed by atoms with Crippen molar-refractivity contribution in [3.05, 3.63) is 36.9 Å². The molecule has 0 unspecified atom stereocenters. The van der Waals surface area contributed by atoms with Gasteiger partial charge in [-0.05, 0) is 37.8 Å². The zero-order valence-electron chi connectivity index (χ0n) is 16.0. The molecule has 150 valence electrons. The van der Waals surface area contributed by atoms with Crippen molar-refractivity contribution in [1.29, 1.82) is 0 Å². The van der Waals surface area contributed by atoms with Crippen LogP contribution in [0.25, 0.3) is 27.9 Å². The van der Waals surface area contributed by atoms with Crippen LogP contribution in [0.3, 0.4) is 0 Å². The molecule has 0 bridgehead atoms. The number of ether oxygens (including phenoxy) is 1. The minimum Gasteiger partial charge on any atom is -0.394 e. The molecule has 4 aromatic heterocycles. The van der Waals surface area contributed by atoms with Crippen molar-refractivity contribution in [2.24, 2.45) is 0 Å². The number of rotatable bonds is 6. The van der Waals surface area contributed by atoms with Crippen LogP contribution in [0, 0.1) is 0 Å². The Kier molecular flexibility index (Phi) is 4.82. The fraction of sp³-hybridized carbons (Fsp3) is 0.400. The predicted octanol–water partition coefficient (Wildman–Crippen LogP) is 2.40. The lowest BCUT2D eigenvalue weighted by Crippen LogP contribution is -2.30.